The predicted octanol–water partition coefficient (Wildman–Crippen LogP) is 5.80. The third kappa shape index (κ3) is 3.70. The zero-order chi connectivity index (χ0) is 19.8. The Morgan fingerprint density at radius 3 is 2.71 bits per heavy atom. The number of carbonyl (C=O) groups is 1. The molecule has 0 aliphatic heterocycles. The number of aryl methyl sites for hydroxylation is 1. The van der Waals surface area contributed by atoms with Crippen LogP contribution in [-0.4, -0.2) is 16.5 Å². The van der Waals surface area contributed by atoms with Crippen molar-refractivity contribution in [2.24, 2.45) is 11.8 Å². The molecular formula is C23H27ClN2O2. The first kappa shape index (κ1) is 19.1. The molecule has 4 rings (SSSR count). The zero-order valence-electron chi connectivity index (χ0n) is 16.7. The van der Waals surface area contributed by atoms with Crippen LogP contribution in [0.4, 0.5) is 0 Å². The highest BCUT2D eigenvalue weighted by Crippen LogP contribution is 2.30. The van der Waals surface area contributed by atoms with Crippen LogP contribution in [0.3, 0.4) is 0 Å². The first-order valence-corrected chi connectivity index (χ1v) is 10.4. The molecule has 0 radical (unpaired) electrons. The lowest BCUT2D eigenvalue weighted by molar-refractivity contribution is 0.0882. The summed E-state index contributed by atoms with van der Waals surface area (Å²) >= 11 is 6.02. The standard InChI is InChI=1S/C23H27ClN2O2/c1-14-5-4-6-19(16(14)3)25-23(27)21-12-22-20(11-15(2)28-22)26(21)13-17-7-9-18(24)10-8-17/h7-12,14,16,19H,4-6,13H2,1-3H3,(H,25,27). The van der Waals surface area contributed by atoms with Crippen LogP contribution in [0.2, 0.25) is 5.02 Å². The van der Waals surface area contributed by atoms with Crippen molar-refractivity contribution in [2.75, 3.05) is 0 Å². The summed E-state index contributed by atoms with van der Waals surface area (Å²) in [6.07, 6.45) is 3.46. The number of nitrogens with zero attached hydrogens (tertiary/aromatic N) is 1. The third-order valence-corrected chi connectivity index (χ3v) is 6.47. The van der Waals surface area contributed by atoms with Gasteiger partial charge >= 0.3 is 0 Å². The second kappa shape index (κ2) is 7.67. The number of amides is 1. The number of furan rings is 1. The number of carbonyl (C=O) groups excluding carboxylic acids is 1. The Bertz CT molecular complexity index is 986. The molecule has 148 valence electrons. The molecule has 4 nitrogen and oxygen atoms in total. The maximum atomic E-state index is 13.2. The third-order valence-electron chi connectivity index (χ3n) is 6.22. The number of benzene rings is 1. The van der Waals surface area contributed by atoms with E-state index >= 15 is 0 Å². The Labute approximate surface area is 170 Å². The SMILES string of the molecule is Cc1cc2c(cc(C(=O)NC3CCCC(C)C3C)n2Cc2ccc(Cl)cc2)o1. The molecule has 3 unspecified atom stereocenters. The molecule has 2 aromatic heterocycles. The summed E-state index contributed by atoms with van der Waals surface area (Å²) in [7, 11) is 0. The molecule has 1 amide bonds. The maximum Gasteiger partial charge on any atom is 0.268 e. The van der Waals surface area contributed by atoms with Crippen molar-refractivity contribution in [1.82, 2.24) is 9.88 Å². The second-order valence-corrected chi connectivity index (χ2v) is 8.63. The Kier molecular flexibility index (Phi) is 5.24. The van der Waals surface area contributed by atoms with Gasteiger partial charge in [0.1, 0.15) is 11.5 Å². The fourth-order valence-corrected chi connectivity index (χ4v) is 4.45. The van der Waals surface area contributed by atoms with Crippen molar-refractivity contribution in [2.45, 2.75) is 52.6 Å². The molecule has 3 aromatic rings. The minimum Gasteiger partial charge on any atom is -0.460 e. The van der Waals surface area contributed by atoms with Crippen molar-refractivity contribution < 1.29 is 9.21 Å². The van der Waals surface area contributed by atoms with Crippen molar-refractivity contribution in [3.8, 4) is 0 Å². The van der Waals surface area contributed by atoms with E-state index in [9.17, 15) is 4.79 Å². The highest BCUT2D eigenvalue weighted by Gasteiger charge is 2.29. The quantitative estimate of drug-likeness (QED) is 0.603. The number of halogens is 1. The summed E-state index contributed by atoms with van der Waals surface area (Å²) in [6.45, 7) is 7.05. The number of hydrogen-bond donors (Lipinski definition) is 1. The van der Waals surface area contributed by atoms with Crippen LogP contribution in [0.5, 0.6) is 0 Å². The Morgan fingerprint density at radius 2 is 1.96 bits per heavy atom. The molecule has 0 saturated heterocycles. The maximum absolute atomic E-state index is 13.2. The zero-order valence-corrected chi connectivity index (χ0v) is 17.4. The van der Waals surface area contributed by atoms with Crippen LogP contribution < -0.4 is 5.32 Å². The fourth-order valence-electron chi connectivity index (χ4n) is 4.32. The molecule has 1 saturated carbocycles. The largest absolute Gasteiger partial charge is 0.460 e. The monoisotopic (exact) mass is 398 g/mol. The van der Waals surface area contributed by atoms with E-state index in [1.165, 1.54) is 12.8 Å². The van der Waals surface area contributed by atoms with Crippen LogP contribution in [0.25, 0.3) is 11.1 Å². The van der Waals surface area contributed by atoms with Gasteiger partial charge in [0, 0.05) is 29.7 Å². The summed E-state index contributed by atoms with van der Waals surface area (Å²) < 4.78 is 7.85. The fraction of sp³-hybridized carbons (Fsp3) is 0.435. The van der Waals surface area contributed by atoms with Crippen LogP contribution in [0, 0.1) is 18.8 Å². The van der Waals surface area contributed by atoms with E-state index in [0.717, 1.165) is 28.8 Å². The Morgan fingerprint density at radius 1 is 1.21 bits per heavy atom. The molecule has 5 heteroatoms. The van der Waals surface area contributed by atoms with Crippen LogP contribution in [0.15, 0.2) is 40.8 Å². The number of rotatable bonds is 4. The van der Waals surface area contributed by atoms with Crippen LogP contribution >= 0.6 is 11.6 Å². The molecule has 3 atom stereocenters. The molecule has 28 heavy (non-hydrogen) atoms. The lowest BCUT2D eigenvalue weighted by Crippen LogP contribution is -2.44. The number of hydrogen-bond acceptors (Lipinski definition) is 2. The van der Waals surface area contributed by atoms with Gasteiger partial charge in [-0.25, -0.2) is 0 Å². The molecule has 1 aromatic carbocycles. The molecule has 1 fully saturated rings. The topological polar surface area (TPSA) is 47.2 Å². The highest BCUT2D eigenvalue weighted by atomic mass is 35.5. The molecule has 1 N–H and O–H groups in total. The van der Waals surface area contributed by atoms with Gasteiger partial charge in [-0.05, 0) is 42.9 Å². The van der Waals surface area contributed by atoms with Gasteiger partial charge in [-0.15, -0.1) is 0 Å². The number of fused-ring (bicyclic) bond motifs is 1. The summed E-state index contributed by atoms with van der Waals surface area (Å²) in [5.41, 5.74) is 3.44. The molecule has 1 aliphatic rings. The van der Waals surface area contributed by atoms with Gasteiger partial charge in [0.25, 0.3) is 5.91 Å². The van der Waals surface area contributed by atoms with E-state index in [0.29, 0.717) is 29.1 Å². The van der Waals surface area contributed by atoms with Gasteiger partial charge in [0.2, 0.25) is 0 Å². The summed E-state index contributed by atoms with van der Waals surface area (Å²) in [5.74, 6) is 1.95. The average Bonchev–Trinajstić information content (AvgIpc) is 3.18. The van der Waals surface area contributed by atoms with Crippen LogP contribution in [0.1, 0.15) is 54.9 Å². The molecule has 1 aliphatic carbocycles. The lowest BCUT2D eigenvalue weighted by Gasteiger charge is -2.34. The van der Waals surface area contributed by atoms with Crippen molar-refractivity contribution in [3.05, 3.63) is 58.4 Å². The first-order chi connectivity index (χ1) is 13.4. The number of nitrogens with one attached hydrogen (secondary N) is 1. The highest BCUT2D eigenvalue weighted by molar-refractivity contribution is 6.30. The van der Waals surface area contributed by atoms with Gasteiger partial charge in [-0.1, -0.05) is 50.4 Å². The number of aromatic nitrogens is 1. The average molecular weight is 399 g/mol. The van der Waals surface area contributed by atoms with Crippen molar-refractivity contribution in [1.29, 1.82) is 0 Å². The molecule has 0 bridgehead atoms. The van der Waals surface area contributed by atoms with Gasteiger partial charge in [-0.2, -0.15) is 0 Å². The van der Waals surface area contributed by atoms with Gasteiger partial charge in [-0.3, -0.25) is 4.79 Å². The second-order valence-electron chi connectivity index (χ2n) is 8.20. The smallest absolute Gasteiger partial charge is 0.268 e. The van der Waals surface area contributed by atoms with E-state index in [1.54, 1.807) is 0 Å². The van der Waals surface area contributed by atoms with Crippen molar-refractivity contribution >= 4 is 28.6 Å². The lowest BCUT2D eigenvalue weighted by atomic mass is 9.78. The van der Waals surface area contributed by atoms with Crippen LogP contribution in [-0.2, 0) is 6.54 Å². The summed E-state index contributed by atoms with van der Waals surface area (Å²) in [6, 6.07) is 11.8. The molecule has 0 spiro atoms. The van der Waals surface area contributed by atoms with E-state index in [2.05, 4.69) is 19.2 Å². The van der Waals surface area contributed by atoms with Crippen molar-refractivity contribution in [3.63, 3.8) is 0 Å². The normalized spacial score (nSPS) is 22.5. The van der Waals surface area contributed by atoms with E-state index < -0.39 is 0 Å². The summed E-state index contributed by atoms with van der Waals surface area (Å²) in [4.78, 5) is 13.2. The van der Waals surface area contributed by atoms with E-state index in [-0.39, 0.29) is 11.9 Å². The van der Waals surface area contributed by atoms with Gasteiger partial charge in [0.15, 0.2) is 5.58 Å². The first-order valence-electron chi connectivity index (χ1n) is 10.1. The molecule has 2 heterocycles. The van der Waals surface area contributed by atoms with Gasteiger partial charge < -0.3 is 14.3 Å². The predicted molar refractivity (Wildman–Crippen MR) is 113 cm³/mol. The Hall–Kier alpha value is -2.20. The van der Waals surface area contributed by atoms with E-state index in [1.807, 2.05) is 47.9 Å². The molecular weight excluding hydrogens is 372 g/mol. The minimum absolute atomic E-state index is 0.0241. The Balaban J connectivity index is 1.65. The minimum atomic E-state index is -0.0241. The van der Waals surface area contributed by atoms with Gasteiger partial charge in [0.05, 0.1) is 5.52 Å². The summed E-state index contributed by atoms with van der Waals surface area (Å²) in [5, 5.41) is 4.00. The van der Waals surface area contributed by atoms with E-state index in [4.69, 9.17) is 16.0 Å².